The summed E-state index contributed by atoms with van der Waals surface area (Å²) in [5.41, 5.74) is 2.98. The zero-order valence-electron chi connectivity index (χ0n) is 23.4. The molecule has 0 radical (unpaired) electrons. The molecule has 4 bridgehead atoms. The zero-order chi connectivity index (χ0) is 27.0. The molecule has 39 heavy (non-hydrogen) atoms. The van der Waals surface area contributed by atoms with E-state index in [9.17, 15) is 4.79 Å². The van der Waals surface area contributed by atoms with Crippen LogP contribution in [0.15, 0.2) is 84.9 Å². The Morgan fingerprint density at radius 3 is 2.28 bits per heavy atom. The van der Waals surface area contributed by atoms with Gasteiger partial charge in [0.25, 0.3) is 0 Å². The fraction of sp³-hybridized carbons (Fsp3) is 0.441. The lowest BCUT2D eigenvalue weighted by molar-refractivity contribution is -0.138. The monoisotopic (exact) mass is 523 g/mol. The Labute approximate surface area is 233 Å². The number of amides is 1. The van der Waals surface area contributed by atoms with Gasteiger partial charge in [0.05, 0.1) is 0 Å². The molecule has 3 heterocycles. The Morgan fingerprint density at radius 1 is 0.949 bits per heavy atom. The third-order valence-corrected chi connectivity index (χ3v) is 8.93. The van der Waals surface area contributed by atoms with Crippen LogP contribution in [0.4, 0.5) is 0 Å². The lowest BCUT2D eigenvalue weighted by atomic mass is 9.58. The van der Waals surface area contributed by atoms with Gasteiger partial charge in [-0.15, -0.1) is 0 Å². The highest BCUT2D eigenvalue weighted by Crippen LogP contribution is 2.53. The number of rotatable bonds is 8. The average Bonchev–Trinajstić information content (AvgIpc) is 3.19. The summed E-state index contributed by atoms with van der Waals surface area (Å²) >= 11 is 0. The number of carbonyl (C=O) groups is 1. The molecule has 5 atom stereocenters. The van der Waals surface area contributed by atoms with Gasteiger partial charge in [0.1, 0.15) is 16.9 Å². The fourth-order valence-electron chi connectivity index (χ4n) is 7.42. The van der Waals surface area contributed by atoms with E-state index in [-0.39, 0.29) is 17.6 Å². The second kappa shape index (κ2) is 10.4. The van der Waals surface area contributed by atoms with E-state index in [1.165, 1.54) is 11.1 Å². The van der Waals surface area contributed by atoms with Crippen molar-refractivity contribution in [1.82, 2.24) is 15.5 Å². The van der Waals surface area contributed by atoms with E-state index in [0.717, 1.165) is 43.8 Å². The molecule has 3 saturated heterocycles. The lowest BCUT2D eigenvalue weighted by Gasteiger charge is -2.56. The highest BCUT2D eigenvalue weighted by molar-refractivity contribution is 5.89. The standard InChI is InChI=1S/C34H41N3O2/c1-33(2,3)39-29-16-14-26(15-17-29)22-37-23-28-19-27-21-36-34(28,32(38)35-20-25-12-8-5-9-13-25)31(37)30(27)18-24-10-6-4-7-11-24/h4-17,27-28,30-31,36H,18-23H2,1-3H3,(H,35,38)/t27-,28-,30+,31-,34-/m0/s1. The van der Waals surface area contributed by atoms with E-state index >= 15 is 0 Å². The Bertz CT molecular complexity index is 1270. The van der Waals surface area contributed by atoms with Crippen LogP contribution >= 0.6 is 0 Å². The zero-order valence-corrected chi connectivity index (χ0v) is 23.4. The minimum absolute atomic E-state index is 0.150. The molecule has 1 amide bonds. The third-order valence-electron chi connectivity index (χ3n) is 8.93. The van der Waals surface area contributed by atoms with Crippen LogP contribution < -0.4 is 15.4 Å². The van der Waals surface area contributed by atoms with Gasteiger partial charge in [-0.05, 0) is 80.8 Å². The highest BCUT2D eigenvalue weighted by Gasteiger charge is 2.67. The highest BCUT2D eigenvalue weighted by atomic mass is 16.5. The van der Waals surface area contributed by atoms with Gasteiger partial charge in [-0.2, -0.15) is 0 Å². The molecule has 1 saturated carbocycles. The number of piperidine rings is 2. The van der Waals surface area contributed by atoms with E-state index in [1.807, 2.05) is 18.2 Å². The second-order valence-electron chi connectivity index (χ2n) is 12.7. The van der Waals surface area contributed by atoms with E-state index in [0.29, 0.717) is 24.3 Å². The van der Waals surface area contributed by atoms with Gasteiger partial charge in [0.15, 0.2) is 0 Å². The van der Waals surface area contributed by atoms with Gasteiger partial charge < -0.3 is 15.4 Å². The lowest BCUT2D eigenvalue weighted by Crippen LogP contribution is -2.76. The molecule has 5 heteroatoms. The molecule has 3 aromatic rings. The van der Waals surface area contributed by atoms with E-state index < -0.39 is 5.54 Å². The first-order valence-electron chi connectivity index (χ1n) is 14.4. The molecule has 4 fully saturated rings. The number of nitrogens with zero attached hydrogens (tertiary/aromatic N) is 1. The number of hydrogen-bond donors (Lipinski definition) is 2. The van der Waals surface area contributed by atoms with Crippen LogP contribution in [0.3, 0.4) is 0 Å². The van der Waals surface area contributed by atoms with Gasteiger partial charge in [0, 0.05) is 31.6 Å². The molecule has 3 aliphatic heterocycles. The predicted octanol–water partition coefficient (Wildman–Crippen LogP) is 5.20. The van der Waals surface area contributed by atoms with Crippen molar-refractivity contribution in [2.45, 2.75) is 63.9 Å². The fourth-order valence-corrected chi connectivity index (χ4v) is 7.42. The molecule has 3 aromatic carbocycles. The van der Waals surface area contributed by atoms with E-state index in [2.05, 4.69) is 103 Å². The van der Waals surface area contributed by atoms with E-state index in [4.69, 9.17) is 4.74 Å². The summed E-state index contributed by atoms with van der Waals surface area (Å²) in [6, 6.07) is 29.7. The van der Waals surface area contributed by atoms with Gasteiger partial charge in [-0.1, -0.05) is 72.8 Å². The molecule has 5 nitrogen and oxygen atoms in total. The number of ether oxygens (including phenoxy) is 1. The normalized spacial score (nSPS) is 27.9. The summed E-state index contributed by atoms with van der Waals surface area (Å²) in [5, 5.41) is 7.16. The smallest absolute Gasteiger partial charge is 0.242 e. The number of nitrogens with one attached hydrogen (secondary N) is 2. The average molecular weight is 524 g/mol. The molecular weight excluding hydrogens is 482 g/mol. The molecule has 7 rings (SSSR count). The van der Waals surface area contributed by atoms with Crippen LogP contribution in [-0.4, -0.2) is 41.1 Å². The minimum Gasteiger partial charge on any atom is -0.488 e. The topological polar surface area (TPSA) is 53.6 Å². The number of hydrogen-bond acceptors (Lipinski definition) is 4. The predicted molar refractivity (Wildman–Crippen MR) is 155 cm³/mol. The van der Waals surface area contributed by atoms with Crippen LogP contribution in [0.25, 0.3) is 0 Å². The van der Waals surface area contributed by atoms with Crippen molar-refractivity contribution in [3.05, 3.63) is 102 Å². The second-order valence-corrected chi connectivity index (χ2v) is 12.7. The molecular formula is C34H41N3O2. The molecule has 2 N–H and O–H groups in total. The van der Waals surface area contributed by atoms with Crippen LogP contribution in [0.5, 0.6) is 5.75 Å². The summed E-state index contributed by atoms with van der Waals surface area (Å²) in [7, 11) is 0. The maximum Gasteiger partial charge on any atom is 0.242 e. The van der Waals surface area contributed by atoms with Crippen molar-refractivity contribution in [3.8, 4) is 5.75 Å². The van der Waals surface area contributed by atoms with Crippen LogP contribution in [0.1, 0.15) is 43.9 Å². The summed E-state index contributed by atoms with van der Waals surface area (Å²) in [6.45, 7) is 9.47. The number of likely N-dealkylation sites (tertiary alicyclic amines) is 1. The number of carbonyl (C=O) groups excluding carboxylic acids is 1. The molecule has 0 spiro atoms. The van der Waals surface area contributed by atoms with Crippen molar-refractivity contribution in [3.63, 3.8) is 0 Å². The first kappa shape index (κ1) is 26.1. The van der Waals surface area contributed by atoms with Gasteiger partial charge >= 0.3 is 0 Å². The van der Waals surface area contributed by atoms with Crippen LogP contribution in [0.2, 0.25) is 0 Å². The van der Waals surface area contributed by atoms with Crippen LogP contribution in [-0.2, 0) is 24.3 Å². The van der Waals surface area contributed by atoms with Gasteiger partial charge in [0.2, 0.25) is 5.91 Å². The summed E-state index contributed by atoms with van der Waals surface area (Å²) in [5.74, 6) is 2.38. The maximum atomic E-state index is 14.2. The molecule has 0 unspecified atom stereocenters. The minimum atomic E-state index is -0.557. The van der Waals surface area contributed by atoms with Gasteiger partial charge in [-0.3, -0.25) is 9.69 Å². The first-order valence-corrected chi connectivity index (χ1v) is 14.4. The van der Waals surface area contributed by atoms with Crippen molar-refractivity contribution < 1.29 is 9.53 Å². The van der Waals surface area contributed by atoms with Gasteiger partial charge in [-0.25, -0.2) is 0 Å². The molecule has 0 aromatic heterocycles. The van der Waals surface area contributed by atoms with Crippen molar-refractivity contribution in [2.75, 3.05) is 13.1 Å². The summed E-state index contributed by atoms with van der Waals surface area (Å²) in [4.78, 5) is 16.8. The van der Waals surface area contributed by atoms with Crippen molar-refractivity contribution in [2.24, 2.45) is 17.8 Å². The number of benzene rings is 3. The quantitative estimate of drug-likeness (QED) is 0.426. The van der Waals surface area contributed by atoms with Crippen molar-refractivity contribution in [1.29, 1.82) is 0 Å². The first-order chi connectivity index (χ1) is 18.8. The summed E-state index contributed by atoms with van der Waals surface area (Å²) in [6.07, 6.45) is 2.11. The molecule has 204 valence electrons. The Morgan fingerprint density at radius 2 is 1.62 bits per heavy atom. The van der Waals surface area contributed by atoms with E-state index in [1.54, 1.807) is 0 Å². The number of fused-ring (bicyclic) bond motifs is 1. The molecule has 1 aliphatic carbocycles. The SMILES string of the molecule is CC(C)(C)Oc1ccc(CN2C[C@@H]3C[C@H]4CN[C@]3(C(=O)NCc3ccccc3)[C@@H]2[C@@H]4Cc2ccccc2)cc1. The summed E-state index contributed by atoms with van der Waals surface area (Å²) < 4.78 is 6.05. The van der Waals surface area contributed by atoms with Crippen LogP contribution in [0, 0.1) is 17.8 Å². The Hall–Kier alpha value is -3.15. The third kappa shape index (κ3) is 5.22. The molecule has 4 aliphatic rings. The maximum absolute atomic E-state index is 14.2. The largest absolute Gasteiger partial charge is 0.488 e. The Kier molecular flexibility index (Phi) is 6.98. The van der Waals surface area contributed by atoms with Crippen molar-refractivity contribution >= 4 is 5.91 Å². The Balaban J connectivity index is 1.28.